The number of hydrogen-bond acceptors (Lipinski definition) is 8. The minimum Gasteiger partial charge on any atom is -0.493 e. The number of halogens is 1. The fourth-order valence-electron chi connectivity index (χ4n) is 3.01. The molecule has 0 bridgehead atoms. The molecule has 0 radical (unpaired) electrons. The summed E-state index contributed by atoms with van der Waals surface area (Å²) >= 11 is 1.13. The van der Waals surface area contributed by atoms with Crippen LogP contribution in [-0.4, -0.2) is 51.0 Å². The molecule has 0 saturated carbocycles. The van der Waals surface area contributed by atoms with E-state index in [1.54, 1.807) is 36.4 Å². The van der Waals surface area contributed by atoms with Crippen LogP contribution in [0.4, 0.5) is 10.1 Å². The first-order valence-electron chi connectivity index (χ1n) is 9.65. The van der Waals surface area contributed by atoms with Crippen molar-refractivity contribution in [3.05, 3.63) is 54.3 Å². The fourth-order valence-corrected chi connectivity index (χ4v) is 3.66. The average Bonchev–Trinajstić information content (AvgIpc) is 3.45. The molecule has 2 heterocycles. The first kappa shape index (κ1) is 22.1. The number of nitrogen functional groups attached to an aromatic ring is 1. The summed E-state index contributed by atoms with van der Waals surface area (Å²) in [5.74, 6) is 7.03. The Labute approximate surface area is 192 Å². The van der Waals surface area contributed by atoms with Crippen molar-refractivity contribution < 1.29 is 18.7 Å². The molecule has 4 aromatic rings. The maximum atomic E-state index is 13.1. The molecule has 12 heteroatoms. The van der Waals surface area contributed by atoms with E-state index >= 15 is 0 Å². The summed E-state index contributed by atoms with van der Waals surface area (Å²) in [6, 6.07) is 12.8. The highest BCUT2D eigenvalue weighted by molar-refractivity contribution is 7.99. The van der Waals surface area contributed by atoms with E-state index in [9.17, 15) is 9.18 Å². The molecule has 0 aliphatic carbocycles. The smallest absolute Gasteiger partial charge is 0.234 e. The number of ether oxygens (including phenoxy) is 2. The maximum Gasteiger partial charge on any atom is 0.234 e. The molecule has 4 N–H and O–H groups in total. The summed E-state index contributed by atoms with van der Waals surface area (Å²) in [5, 5.41) is 18.3. The van der Waals surface area contributed by atoms with Crippen molar-refractivity contribution in [3.8, 4) is 34.3 Å². The minimum atomic E-state index is -0.326. The van der Waals surface area contributed by atoms with E-state index in [4.69, 9.17) is 15.3 Å². The molecule has 2 aromatic carbocycles. The van der Waals surface area contributed by atoms with Gasteiger partial charge in [0.15, 0.2) is 11.5 Å². The fraction of sp³-hybridized carbons (Fsp3) is 0.143. The summed E-state index contributed by atoms with van der Waals surface area (Å²) < 4.78 is 24.8. The number of rotatable bonds is 8. The molecule has 10 nitrogen and oxygen atoms in total. The number of anilines is 1. The standard InChI is InChI=1S/C21H20FN7O3S/c1-31-17-8-7-14(9-18(17)32-2)24-19(30)11-33-21-28-27-20(29(21)23)16-10-15(25-26-16)12-3-5-13(22)6-4-12/h3-10H,11,23H2,1-2H3,(H,24,30)(H,25,26). The van der Waals surface area contributed by atoms with Gasteiger partial charge in [0.05, 0.1) is 25.7 Å². The number of H-pyrrole nitrogens is 1. The van der Waals surface area contributed by atoms with E-state index < -0.39 is 0 Å². The van der Waals surface area contributed by atoms with Crippen molar-refractivity contribution in [1.29, 1.82) is 0 Å². The number of methoxy groups -OCH3 is 2. The Hall–Kier alpha value is -4.06. The second-order valence-corrected chi connectivity index (χ2v) is 7.70. The second-order valence-electron chi connectivity index (χ2n) is 6.76. The Balaban J connectivity index is 1.40. The Morgan fingerprint density at radius 3 is 2.61 bits per heavy atom. The number of carbonyl (C=O) groups is 1. The molecule has 170 valence electrons. The highest BCUT2D eigenvalue weighted by atomic mass is 32.2. The zero-order valence-electron chi connectivity index (χ0n) is 17.7. The van der Waals surface area contributed by atoms with E-state index in [0.29, 0.717) is 39.6 Å². The van der Waals surface area contributed by atoms with Crippen molar-refractivity contribution in [3.63, 3.8) is 0 Å². The lowest BCUT2D eigenvalue weighted by molar-refractivity contribution is -0.113. The number of nitrogens with one attached hydrogen (secondary N) is 2. The molecular formula is C21H20FN7O3S. The second kappa shape index (κ2) is 9.61. The SMILES string of the molecule is COc1ccc(NC(=O)CSc2nnc(-c3cc(-c4ccc(F)cc4)n[nH]3)n2N)cc1OC. The van der Waals surface area contributed by atoms with Gasteiger partial charge in [-0.15, -0.1) is 10.2 Å². The van der Waals surface area contributed by atoms with E-state index in [0.717, 1.165) is 17.3 Å². The Morgan fingerprint density at radius 1 is 1.12 bits per heavy atom. The highest BCUT2D eigenvalue weighted by Crippen LogP contribution is 2.30. The topological polar surface area (TPSA) is 133 Å². The summed E-state index contributed by atoms with van der Waals surface area (Å²) in [5.41, 5.74) is 2.45. The summed E-state index contributed by atoms with van der Waals surface area (Å²) in [4.78, 5) is 12.4. The number of nitrogens with two attached hydrogens (primary N) is 1. The summed E-state index contributed by atoms with van der Waals surface area (Å²) in [6.45, 7) is 0. The molecule has 4 rings (SSSR count). The molecule has 0 atom stereocenters. The number of thioether (sulfide) groups is 1. The van der Waals surface area contributed by atoms with Crippen molar-refractivity contribution >= 4 is 23.4 Å². The van der Waals surface area contributed by atoms with Crippen molar-refractivity contribution in [1.82, 2.24) is 25.1 Å². The van der Waals surface area contributed by atoms with Crippen LogP contribution in [0.2, 0.25) is 0 Å². The lowest BCUT2D eigenvalue weighted by Gasteiger charge is -2.10. The van der Waals surface area contributed by atoms with E-state index in [1.807, 2.05) is 0 Å². The van der Waals surface area contributed by atoms with Crippen LogP contribution in [0.15, 0.2) is 53.7 Å². The van der Waals surface area contributed by atoms with Gasteiger partial charge in [-0.2, -0.15) is 5.10 Å². The predicted molar refractivity (Wildman–Crippen MR) is 122 cm³/mol. The first-order chi connectivity index (χ1) is 16.0. The lowest BCUT2D eigenvalue weighted by Crippen LogP contribution is -2.16. The zero-order chi connectivity index (χ0) is 23.4. The number of hydrogen-bond donors (Lipinski definition) is 3. The van der Waals surface area contributed by atoms with Crippen molar-refractivity contribution in [2.24, 2.45) is 0 Å². The van der Waals surface area contributed by atoms with Gasteiger partial charge in [-0.3, -0.25) is 9.89 Å². The average molecular weight is 470 g/mol. The predicted octanol–water partition coefficient (Wildman–Crippen LogP) is 2.94. The quantitative estimate of drug-likeness (QED) is 0.265. The molecule has 2 aromatic heterocycles. The summed E-state index contributed by atoms with van der Waals surface area (Å²) in [7, 11) is 3.06. The van der Waals surface area contributed by atoms with Crippen LogP contribution in [0.3, 0.4) is 0 Å². The summed E-state index contributed by atoms with van der Waals surface area (Å²) in [6.07, 6.45) is 0. The molecule has 33 heavy (non-hydrogen) atoms. The van der Waals surface area contributed by atoms with Gasteiger partial charge in [0.1, 0.15) is 11.5 Å². The zero-order valence-corrected chi connectivity index (χ0v) is 18.5. The van der Waals surface area contributed by atoms with Crippen LogP contribution >= 0.6 is 11.8 Å². The molecule has 0 unspecified atom stereocenters. The molecule has 0 spiro atoms. The number of benzene rings is 2. The number of carbonyl (C=O) groups excluding carboxylic acids is 1. The number of amides is 1. The van der Waals surface area contributed by atoms with Gasteiger partial charge >= 0.3 is 0 Å². The van der Waals surface area contributed by atoms with Crippen LogP contribution in [0, 0.1) is 5.82 Å². The monoisotopic (exact) mass is 469 g/mol. The largest absolute Gasteiger partial charge is 0.493 e. The van der Waals surface area contributed by atoms with Crippen molar-refractivity contribution in [2.75, 3.05) is 31.1 Å². The highest BCUT2D eigenvalue weighted by Gasteiger charge is 2.17. The third kappa shape index (κ3) is 4.90. The molecule has 0 aliphatic heterocycles. The lowest BCUT2D eigenvalue weighted by atomic mass is 10.1. The van der Waals surface area contributed by atoms with Gasteiger partial charge in [0.25, 0.3) is 0 Å². The van der Waals surface area contributed by atoms with Gasteiger partial charge in [0, 0.05) is 17.3 Å². The van der Waals surface area contributed by atoms with Gasteiger partial charge in [-0.25, -0.2) is 9.07 Å². The Morgan fingerprint density at radius 2 is 1.88 bits per heavy atom. The molecule has 1 amide bonds. The van der Waals surface area contributed by atoms with Crippen LogP contribution in [0.1, 0.15) is 0 Å². The van der Waals surface area contributed by atoms with Crippen LogP contribution in [0.5, 0.6) is 11.5 Å². The van der Waals surface area contributed by atoms with Gasteiger partial charge in [-0.05, 0) is 42.5 Å². The van der Waals surface area contributed by atoms with E-state index in [-0.39, 0.29) is 17.5 Å². The third-order valence-corrected chi connectivity index (χ3v) is 5.57. The number of nitrogens with zero attached hydrogens (tertiary/aromatic N) is 4. The van der Waals surface area contributed by atoms with E-state index in [2.05, 4.69) is 25.7 Å². The van der Waals surface area contributed by atoms with Crippen LogP contribution < -0.4 is 20.6 Å². The molecule has 0 fully saturated rings. The normalized spacial score (nSPS) is 10.8. The number of aromatic amines is 1. The molecular weight excluding hydrogens is 449 g/mol. The van der Waals surface area contributed by atoms with Crippen LogP contribution in [-0.2, 0) is 4.79 Å². The van der Waals surface area contributed by atoms with Crippen molar-refractivity contribution in [2.45, 2.75) is 5.16 Å². The third-order valence-electron chi connectivity index (χ3n) is 4.62. The van der Waals surface area contributed by atoms with Gasteiger partial charge in [0.2, 0.25) is 16.9 Å². The first-order valence-corrected chi connectivity index (χ1v) is 10.6. The Bertz CT molecular complexity index is 1270. The number of aromatic nitrogens is 5. The maximum absolute atomic E-state index is 13.1. The molecule has 0 saturated heterocycles. The van der Waals surface area contributed by atoms with Gasteiger partial charge < -0.3 is 20.6 Å². The van der Waals surface area contributed by atoms with E-state index in [1.165, 1.54) is 31.0 Å². The minimum absolute atomic E-state index is 0.0630. The molecule has 0 aliphatic rings. The van der Waals surface area contributed by atoms with Crippen LogP contribution in [0.25, 0.3) is 22.8 Å². The Kier molecular flexibility index (Phi) is 6.45. The van der Waals surface area contributed by atoms with Gasteiger partial charge in [-0.1, -0.05) is 11.8 Å².